The van der Waals surface area contributed by atoms with Gasteiger partial charge < -0.3 is 21.1 Å². The summed E-state index contributed by atoms with van der Waals surface area (Å²) in [6.07, 6.45) is 1.51. The smallest absolute Gasteiger partial charge is 0.256 e. The van der Waals surface area contributed by atoms with E-state index < -0.39 is 17.9 Å². The van der Waals surface area contributed by atoms with Gasteiger partial charge in [0.1, 0.15) is 23.3 Å². The van der Waals surface area contributed by atoms with E-state index in [9.17, 15) is 19.1 Å². The van der Waals surface area contributed by atoms with Crippen molar-refractivity contribution < 1.29 is 19.1 Å². The fourth-order valence-corrected chi connectivity index (χ4v) is 2.76. The Labute approximate surface area is 166 Å². The maximum Gasteiger partial charge on any atom is 0.256 e. The summed E-state index contributed by atoms with van der Waals surface area (Å²) in [7, 11) is 1.81. The Morgan fingerprint density at radius 2 is 2.14 bits per heavy atom. The maximum atomic E-state index is 13.6. The van der Waals surface area contributed by atoms with Crippen molar-refractivity contribution in [1.29, 1.82) is 0 Å². The number of halogens is 1. The van der Waals surface area contributed by atoms with Crippen LogP contribution in [-0.4, -0.2) is 51.2 Å². The van der Waals surface area contributed by atoms with Gasteiger partial charge in [-0.2, -0.15) is 5.10 Å². The zero-order chi connectivity index (χ0) is 21.1. The molecule has 9 nitrogen and oxygen atoms in total. The Hall–Kier alpha value is -3.53. The summed E-state index contributed by atoms with van der Waals surface area (Å²) in [4.78, 5) is 29.6. The largest absolute Gasteiger partial charge is 0.381 e. The number of nitrogens with one attached hydrogen (secondary N) is 1. The average Bonchev–Trinajstić information content (AvgIpc) is 3.11. The van der Waals surface area contributed by atoms with E-state index >= 15 is 0 Å². The van der Waals surface area contributed by atoms with Crippen molar-refractivity contribution in [3.63, 3.8) is 0 Å². The van der Waals surface area contributed by atoms with Crippen molar-refractivity contribution in [2.45, 2.75) is 19.6 Å². The first kappa shape index (κ1) is 20.2. The Balaban J connectivity index is 1.82. The molecule has 2 amide bonds. The normalized spacial score (nSPS) is 12.0. The van der Waals surface area contributed by atoms with Crippen LogP contribution in [0.5, 0.6) is 0 Å². The summed E-state index contributed by atoms with van der Waals surface area (Å²) in [6.45, 7) is 2.01. The highest BCUT2D eigenvalue weighted by Gasteiger charge is 2.18. The lowest BCUT2D eigenvalue weighted by molar-refractivity contribution is -0.125. The Morgan fingerprint density at radius 1 is 1.38 bits per heavy atom. The van der Waals surface area contributed by atoms with E-state index in [0.29, 0.717) is 18.0 Å². The molecule has 0 spiro atoms. The molecular formula is C19H21FN6O3. The number of anilines is 1. The van der Waals surface area contributed by atoms with Gasteiger partial charge in [-0.05, 0) is 36.2 Å². The maximum absolute atomic E-state index is 13.6. The zero-order valence-electron chi connectivity index (χ0n) is 16.0. The van der Waals surface area contributed by atoms with Crippen molar-refractivity contribution in [1.82, 2.24) is 19.9 Å². The van der Waals surface area contributed by atoms with E-state index in [4.69, 9.17) is 5.73 Å². The molecule has 29 heavy (non-hydrogen) atoms. The number of hydrogen-bond donors (Lipinski definition) is 3. The van der Waals surface area contributed by atoms with Crippen molar-refractivity contribution in [2.75, 3.05) is 18.5 Å². The van der Waals surface area contributed by atoms with Crippen LogP contribution in [0.1, 0.15) is 21.5 Å². The van der Waals surface area contributed by atoms with Crippen LogP contribution >= 0.6 is 0 Å². The molecule has 0 saturated heterocycles. The van der Waals surface area contributed by atoms with Gasteiger partial charge in [0.05, 0.1) is 12.7 Å². The number of rotatable bonds is 7. The summed E-state index contributed by atoms with van der Waals surface area (Å²) >= 11 is 0. The number of hydrogen-bond acceptors (Lipinski definition) is 6. The molecule has 0 radical (unpaired) electrons. The molecule has 10 heteroatoms. The second-order valence-electron chi connectivity index (χ2n) is 6.67. The van der Waals surface area contributed by atoms with Gasteiger partial charge >= 0.3 is 0 Å². The minimum absolute atomic E-state index is 0.179. The molecule has 0 fully saturated rings. The molecule has 3 rings (SSSR count). The van der Waals surface area contributed by atoms with Crippen LogP contribution in [0, 0.1) is 12.7 Å². The van der Waals surface area contributed by atoms with Gasteiger partial charge in [-0.15, -0.1) is 0 Å². The van der Waals surface area contributed by atoms with Crippen LogP contribution in [0.4, 0.5) is 10.2 Å². The minimum atomic E-state index is -1.48. The fraction of sp³-hybridized carbons (Fsp3) is 0.263. The molecule has 0 aliphatic rings. The van der Waals surface area contributed by atoms with Gasteiger partial charge in [-0.3, -0.25) is 9.59 Å². The van der Waals surface area contributed by atoms with E-state index in [1.165, 1.54) is 22.8 Å². The second kappa shape index (κ2) is 8.23. The van der Waals surface area contributed by atoms with Gasteiger partial charge in [-0.25, -0.2) is 13.9 Å². The highest BCUT2D eigenvalue weighted by Crippen LogP contribution is 2.18. The number of nitrogens with zero attached hydrogens (tertiary/aromatic N) is 4. The summed E-state index contributed by atoms with van der Waals surface area (Å²) < 4.78 is 15.0. The number of aromatic nitrogens is 3. The topological polar surface area (TPSA) is 126 Å². The van der Waals surface area contributed by atoms with E-state index in [1.54, 1.807) is 18.3 Å². The fourth-order valence-electron chi connectivity index (χ4n) is 2.76. The Morgan fingerprint density at radius 3 is 2.86 bits per heavy atom. The molecular weight excluding hydrogens is 379 g/mol. The van der Waals surface area contributed by atoms with E-state index in [1.807, 2.05) is 18.9 Å². The first-order chi connectivity index (χ1) is 13.8. The highest BCUT2D eigenvalue weighted by atomic mass is 19.1. The summed E-state index contributed by atoms with van der Waals surface area (Å²) in [5, 5.41) is 15.9. The predicted octanol–water partition coefficient (Wildman–Crippen LogP) is 0.389. The lowest BCUT2D eigenvalue weighted by atomic mass is 10.1. The van der Waals surface area contributed by atoms with Crippen LogP contribution < -0.4 is 16.0 Å². The van der Waals surface area contributed by atoms with Crippen LogP contribution in [0.25, 0.3) is 5.65 Å². The summed E-state index contributed by atoms with van der Waals surface area (Å²) in [6, 6.07) is 6.34. The molecule has 1 aromatic carbocycles. The number of fused-ring (bicyclic) bond motifs is 1. The van der Waals surface area contributed by atoms with Gasteiger partial charge in [-0.1, -0.05) is 6.07 Å². The molecule has 4 N–H and O–H groups in total. The number of carbonyl (C=O) groups is 2. The van der Waals surface area contributed by atoms with Crippen molar-refractivity contribution in [2.24, 2.45) is 5.73 Å². The minimum Gasteiger partial charge on any atom is -0.381 e. The quantitative estimate of drug-likeness (QED) is 0.527. The molecule has 152 valence electrons. The number of benzene rings is 1. The Bertz CT molecular complexity index is 1070. The van der Waals surface area contributed by atoms with Gasteiger partial charge in [0.15, 0.2) is 5.65 Å². The summed E-state index contributed by atoms with van der Waals surface area (Å²) in [5.74, 6) is -1.23. The molecule has 0 aliphatic carbocycles. The molecule has 0 bridgehead atoms. The molecule has 2 heterocycles. The monoisotopic (exact) mass is 400 g/mol. The molecule has 1 atom stereocenters. The molecule has 0 aliphatic heterocycles. The predicted molar refractivity (Wildman–Crippen MR) is 104 cm³/mol. The average molecular weight is 400 g/mol. The van der Waals surface area contributed by atoms with Crippen LogP contribution in [0.15, 0.2) is 36.7 Å². The standard InChI is InChI=1S/C19H21FN6O3/c1-11-3-4-13(20)7-12(11)10-25(2)16-5-6-26-18(24-16)14(8-23-26)19(29)22-9-15(27)17(21)28/h3-8,15,27H,9-10H2,1-2H3,(H2,21,28)(H,22,29). The zero-order valence-corrected chi connectivity index (χ0v) is 16.0. The number of amides is 2. The lowest BCUT2D eigenvalue weighted by Gasteiger charge is -2.19. The number of carbonyl (C=O) groups excluding carboxylic acids is 2. The van der Waals surface area contributed by atoms with Gasteiger partial charge in [0, 0.05) is 19.8 Å². The van der Waals surface area contributed by atoms with Crippen molar-refractivity contribution >= 4 is 23.3 Å². The SMILES string of the molecule is Cc1ccc(F)cc1CN(C)c1ccn2ncc(C(=O)NCC(O)C(N)=O)c2n1. The van der Waals surface area contributed by atoms with Gasteiger partial charge in [0.25, 0.3) is 5.91 Å². The van der Waals surface area contributed by atoms with Gasteiger partial charge in [0.2, 0.25) is 5.91 Å². The van der Waals surface area contributed by atoms with Crippen LogP contribution in [0.3, 0.4) is 0 Å². The second-order valence-corrected chi connectivity index (χ2v) is 6.67. The number of aliphatic hydroxyl groups is 1. The molecule has 1 unspecified atom stereocenters. The number of aryl methyl sites for hydroxylation is 1. The highest BCUT2D eigenvalue weighted by molar-refractivity contribution is 6.00. The third kappa shape index (κ3) is 4.49. The third-order valence-corrected chi connectivity index (χ3v) is 4.49. The van der Waals surface area contributed by atoms with Crippen molar-refractivity contribution in [3.8, 4) is 0 Å². The number of primary amides is 1. The van der Waals surface area contributed by atoms with E-state index in [2.05, 4.69) is 15.4 Å². The van der Waals surface area contributed by atoms with Crippen molar-refractivity contribution in [3.05, 3.63) is 59.2 Å². The summed E-state index contributed by atoms with van der Waals surface area (Å²) in [5.41, 5.74) is 7.23. The van der Waals surface area contributed by atoms with E-state index in [0.717, 1.165) is 11.1 Å². The van der Waals surface area contributed by atoms with E-state index in [-0.39, 0.29) is 17.9 Å². The first-order valence-electron chi connectivity index (χ1n) is 8.82. The molecule has 0 saturated carbocycles. The first-order valence-corrected chi connectivity index (χ1v) is 8.82. The van der Waals surface area contributed by atoms with Crippen LogP contribution in [-0.2, 0) is 11.3 Å². The molecule has 3 aromatic rings. The molecule has 2 aromatic heterocycles. The van der Waals surface area contributed by atoms with Crippen LogP contribution in [0.2, 0.25) is 0 Å². The number of nitrogens with two attached hydrogens (primary N) is 1. The lowest BCUT2D eigenvalue weighted by Crippen LogP contribution is -2.40. The Kier molecular flexibility index (Phi) is 5.74. The number of aliphatic hydroxyl groups excluding tert-OH is 1. The third-order valence-electron chi connectivity index (χ3n) is 4.49.